The molecule has 1 aromatic carbocycles. The molecule has 0 saturated carbocycles. The lowest BCUT2D eigenvalue weighted by atomic mass is 10.0. The second kappa shape index (κ2) is 5.42. The van der Waals surface area contributed by atoms with Crippen LogP contribution in [0.25, 0.3) is 0 Å². The molecule has 0 fully saturated rings. The van der Waals surface area contributed by atoms with Crippen LogP contribution in [0.2, 0.25) is 0 Å². The summed E-state index contributed by atoms with van der Waals surface area (Å²) in [5, 5.41) is 2.90. The van der Waals surface area contributed by atoms with E-state index in [0.29, 0.717) is 6.07 Å². The summed E-state index contributed by atoms with van der Waals surface area (Å²) in [6.07, 6.45) is 0. The van der Waals surface area contributed by atoms with Crippen LogP contribution >= 0.6 is 27.3 Å². The molecule has 0 aliphatic heterocycles. The molecule has 6 heteroatoms. The molecule has 18 heavy (non-hydrogen) atoms. The Bertz CT molecular complexity index is 570. The highest BCUT2D eigenvalue weighted by atomic mass is 79.9. The SMILES string of the molecule is CNC(c1ccc(Br)s1)c1cc(F)c(F)cc1F. The molecule has 0 saturated heterocycles. The highest BCUT2D eigenvalue weighted by Crippen LogP contribution is 2.32. The van der Waals surface area contributed by atoms with Crippen LogP contribution in [0.15, 0.2) is 28.1 Å². The Balaban J connectivity index is 2.48. The number of rotatable bonds is 3. The quantitative estimate of drug-likeness (QED) is 0.827. The number of benzene rings is 1. The summed E-state index contributed by atoms with van der Waals surface area (Å²) in [5.41, 5.74) is 0.0887. The molecule has 2 rings (SSSR count). The third-order valence-corrected chi connectivity index (χ3v) is 4.21. The Morgan fingerprint density at radius 2 is 1.78 bits per heavy atom. The molecule has 0 amide bonds. The molecule has 1 N–H and O–H groups in total. The van der Waals surface area contributed by atoms with Gasteiger partial charge in [0, 0.05) is 16.5 Å². The molecule has 1 aromatic heterocycles. The fourth-order valence-electron chi connectivity index (χ4n) is 1.69. The number of nitrogens with one attached hydrogen (secondary N) is 1. The van der Waals surface area contributed by atoms with Gasteiger partial charge in [-0.25, -0.2) is 13.2 Å². The average molecular weight is 336 g/mol. The molecular weight excluding hydrogens is 327 g/mol. The molecule has 0 aliphatic rings. The smallest absolute Gasteiger partial charge is 0.161 e. The van der Waals surface area contributed by atoms with Crippen molar-refractivity contribution in [3.05, 3.63) is 55.9 Å². The lowest BCUT2D eigenvalue weighted by Crippen LogP contribution is -2.18. The van der Waals surface area contributed by atoms with Crippen LogP contribution < -0.4 is 5.32 Å². The lowest BCUT2D eigenvalue weighted by molar-refractivity contribution is 0.484. The maximum atomic E-state index is 13.7. The van der Waals surface area contributed by atoms with Crippen LogP contribution in [0.1, 0.15) is 16.5 Å². The zero-order valence-corrected chi connectivity index (χ0v) is 11.7. The van der Waals surface area contributed by atoms with Crippen LogP contribution in [0.4, 0.5) is 13.2 Å². The molecular formula is C12H9BrF3NS. The van der Waals surface area contributed by atoms with Crippen molar-refractivity contribution in [1.29, 1.82) is 0 Å². The first-order chi connectivity index (χ1) is 8.52. The van der Waals surface area contributed by atoms with Gasteiger partial charge in [-0.15, -0.1) is 11.3 Å². The van der Waals surface area contributed by atoms with Gasteiger partial charge in [0.15, 0.2) is 11.6 Å². The van der Waals surface area contributed by atoms with Crippen LogP contribution in [0.5, 0.6) is 0 Å². The molecule has 0 spiro atoms. The molecule has 2 aromatic rings. The highest BCUT2D eigenvalue weighted by molar-refractivity contribution is 9.11. The Kier molecular flexibility index (Phi) is 4.09. The van der Waals surface area contributed by atoms with Crippen LogP contribution in [-0.4, -0.2) is 7.05 Å². The van der Waals surface area contributed by atoms with E-state index in [4.69, 9.17) is 0 Å². The molecule has 1 nitrogen and oxygen atoms in total. The van der Waals surface area contributed by atoms with Crippen molar-refractivity contribution in [3.63, 3.8) is 0 Å². The van der Waals surface area contributed by atoms with E-state index in [2.05, 4.69) is 21.2 Å². The maximum absolute atomic E-state index is 13.7. The topological polar surface area (TPSA) is 12.0 Å². The van der Waals surface area contributed by atoms with Crippen LogP contribution in [0, 0.1) is 17.5 Å². The minimum absolute atomic E-state index is 0.0887. The molecule has 96 valence electrons. The molecule has 0 radical (unpaired) electrons. The first-order valence-corrected chi connectivity index (χ1v) is 6.71. The van der Waals surface area contributed by atoms with E-state index in [0.717, 1.165) is 14.7 Å². The fourth-order valence-corrected chi connectivity index (χ4v) is 3.25. The van der Waals surface area contributed by atoms with Gasteiger partial charge in [-0.1, -0.05) is 0 Å². The summed E-state index contributed by atoms with van der Waals surface area (Å²) >= 11 is 4.72. The van der Waals surface area contributed by atoms with Gasteiger partial charge in [-0.3, -0.25) is 0 Å². The number of hydrogen-bond donors (Lipinski definition) is 1. The van der Waals surface area contributed by atoms with Crippen molar-refractivity contribution in [2.45, 2.75) is 6.04 Å². The lowest BCUT2D eigenvalue weighted by Gasteiger charge is -2.16. The third-order valence-electron chi connectivity index (χ3n) is 2.52. The van der Waals surface area contributed by atoms with E-state index < -0.39 is 23.5 Å². The number of thiophene rings is 1. The summed E-state index contributed by atoms with van der Waals surface area (Å²) in [6, 6.07) is 4.58. The van der Waals surface area contributed by atoms with Gasteiger partial charge < -0.3 is 5.32 Å². The Labute approximate surface area is 115 Å². The van der Waals surface area contributed by atoms with Gasteiger partial charge >= 0.3 is 0 Å². The van der Waals surface area contributed by atoms with Gasteiger partial charge in [-0.05, 0) is 41.2 Å². The van der Waals surface area contributed by atoms with Gasteiger partial charge in [0.25, 0.3) is 0 Å². The van der Waals surface area contributed by atoms with Crippen molar-refractivity contribution in [3.8, 4) is 0 Å². The minimum atomic E-state index is -1.18. The zero-order valence-electron chi connectivity index (χ0n) is 9.31. The van der Waals surface area contributed by atoms with Gasteiger partial charge in [0.2, 0.25) is 0 Å². The van der Waals surface area contributed by atoms with E-state index in [9.17, 15) is 13.2 Å². The van der Waals surface area contributed by atoms with Crippen molar-refractivity contribution >= 4 is 27.3 Å². The van der Waals surface area contributed by atoms with Gasteiger partial charge in [-0.2, -0.15) is 0 Å². The highest BCUT2D eigenvalue weighted by Gasteiger charge is 2.20. The average Bonchev–Trinajstić information content (AvgIpc) is 2.73. The maximum Gasteiger partial charge on any atom is 0.161 e. The molecule has 1 unspecified atom stereocenters. The van der Waals surface area contributed by atoms with Crippen LogP contribution in [0.3, 0.4) is 0 Å². The minimum Gasteiger partial charge on any atom is -0.309 e. The molecule has 1 heterocycles. The van der Waals surface area contributed by atoms with Crippen molar-refractivity contribution < 1.29 is 13.2 Å². The van der Waals surface area contributed by atoms with Crippen molar-refractivity contribution in [1.82, 2.24) is 5.32 Å². The first-order valence-electron chi connectivity index (χ1n) is 5.10. The normalized spacial score (nSPS) is 12.7. The van der Waals surface area contributed by atoms with Crippen molar-refractivity contribution in [2.75, 3.05) is 7.05 Å². The second-order valence-electron chi connectivity index (χ2n) is 3.65. The molecule has 1 atom stereocenters. The summed E-state index contributed by atoms with van der Waals surface area (Å²) < 4.78 is 40.7. The fraction of sp³-hybridized carbons (Fsp3) is 0.167. The summed E-state index contributed by atoms with van der Waals surface area (Å²) in [4.78, 5) is 0.814. The van der Waals surface area contributed by atoms with E-state index in [1.54, 1.807) is 13.1 Å². The van der Waals surface area contributed by atoms with Crippen LogP contribution in [-0.2, 0) is 0 Å². The van der Waals surface area contributed by atoms with E-state index in [1.165, 1.54) is 11.3 Å². The number of hydrogen-bond acceptors (Lipinski definition) is 2. The summed E-state index contributed by atoms with van der Waals surface area (Å²) in [5.74, 6) is -3.00. The predicted octanol–water partition coefficient (Wildman–Crippen LogP) is 4.24. The predicted molar refractivity (Wildman–Crippen MR) is 69.2 cm³/mol. The van der Waals surface area contributed by atoms with Crippen molar-refractivity contribution in [2.24, 2.45) is 0 Å². The third kappa shape index (κ3) is 2.60. The standard InChI is InChI=1S/C12H9BrF3NS/c1-17-12(10-2-3-11(13)18-10)6-4-8(15)9(16)5-7(6)14/h2-5,12,17H,1H3. The Morgan fingerprint density at radius 1 is 1.11 bits per heavy atom. The van der Waals surface area contributed by atoms with E-state index in [1.807, 2.05) is 6.07 Å². The zero-order chi connectivity index (χ0) is 13.3. The Morgan fingerprint density at radius 3 is 2.33 bits per heavy atom. The summed E-state index contributed by atoms with van der Waals surface area (Å²) in [7, 11) is 1.64. The van der Waals surface area contributed by atoms with E-state index >= 15 is 0 Å². The molecule has 0 bridgehead atoms. The largest absolute Gasteiger partial charge is 0.309 e. The monoisotopic (exact) mass is 335 g/mol. The summed E-state index contributed by atoms with van der Waals surface area (Å²) in [6.45, 7) is 0. The van der Waals surface area contributed by atoms with Gasteiger partial charge in [0.1, 0.15) is 5.82 Å². The molecule has 0 aliphatic carbocycles. The first kappa shape index (κ1) is 13.6. The Hall–Kier alpha value is -0.850. The van der Waals surface area contributed by atoms with Gasteiger partial charge in [0.05, 0.1) is 9.83 Å². The van der Waals surface area contributed by atoms with E-state index in [-0.39, 0.29) is 5.56 Å². The second-order valence-corrected chi connectivity index (χ2v) is 6.15. The number of halogens is 4.